The molecule has 0 aliphatic heterocycles. The molecule has 0 saturated heterocycles. The standard InChI is InChI=1S/C24H16N2S/c27-22-15-21(17-9-5-2-6-10-17)20-12-11-19-18(16-7-3-1-4-8-16)13-14-25-23(19)24(20)26-22/h1-15H,(H,26,27). The first-order valence-corrected chi connectivity index (χ1v) is 9.28. The Bertz CT molecular complexity index is 1320. The van der Waals surface area contributed by atoms with Crippen LogP contribution in [0.1, 0.15) is 0 Å². The van der Waals surface area contributed by atoms with Crippen molar-refractivity contribution in [2.24, 2.45) is 0 Å². The number of benzene rings is 3. The van der Waals surface area contributed by atoms with Crippen LogP contribution in [-0.2, 0) is 0 Å². The molecular formula is C24H16N2S. The van der Waals surface area contributed by atoms with Crippen molar-refractivity contribution in [1.82, 2.24) is 9.97 Å². The Morgan fingerprint density at radius 1 is 0.667 bits per heavy atom. The lowest BCUT2D eigenvalue weighted by molar-refractivity contribution is 1.35. The van der Waals surface area contributed by atoms with E-state index in [4.69, 9.17) is 17.2 Å². The van der Waals surface area contributed by atoms with Gasteiger partial charge in [0.1, 0.15) is 4.64 Å². The first kappa shape index (κ1) is 15.9. The van der Waals surface area contributed by atoms with E-state index in [-0.39, 0.29) is 0 Å². The summed E-state index contributed by atoms with van der Waals surface area (Å²) in [6, 6.07) is 29.2. The number of aromatic amines is 1. The van der Waals surface area contributed by atoms with Gasteiger partial charge in [0.2, 0.25) is 0 Å². The van der Waals surface area contributed by atoms with E-state index in [1.54, 1.807) is 0 Å². The Labute approximate surface area is 162 Å². The van der Waals surface area contributed by atoms with Gasteiger partial charge >= 0.3 is 0 Å². The van der Waals surface area contributed by atoms with E-state index in [0.29, 0.717) is 4.64 Å². The summed E-state index contributed by atoms with van der Waals surface area (Å²) in [5.41, 5.74) is 6.56. The number of rotatable bonds is 2. The first-order valence-electron chi connectivity index (χ1n) is 8.87. The number of aromatic nitrogens is 2. The summed E-state index contributed by atoms with van der Waals surface area (Å²) in [4.78, 5) is 8.07. The molecule has 0 radical (unpaired) electrons. The second-order valence-corrected chi connectivity index (χ2v) is 6.96. The lowest BCUT2D eigenvalue weighted by atomic mass is 9.96. The fourth-order valence-corrected chi connectivity index (χ4v) is 3.88. The summed E-state index contributed by atoms with van der Waals surface area (Å²) in [5.74, 6) is 0. The van der Waals surface area contributed by atoms with Crippen LogP contribution in [0.4, 0.5) is 0 Å². The van der Waals surface area contributed by atoms with Crippen LogP contribution in [0.5, 0.6) is 0 Å². The average molecular weight is 364 g/mol. The fourth-order valence-electron chi connectivity index (χ4n) is 3.66. The van der Waals surface area contributed by atoms with Crippen LogP contribution in [0.15, 0.2) is 91.1 Å². The van der Waals surface area contributed by atoms with Crippen molar-refractivity contribution in [1.29, 1.82) is 0 Å². The van der Waals surface area contributed by atoms with E-state index in [0.717, 1.165) is 32.9 Å². The number of fused-ring (bicyclic) bond motifs is 3. The van der Waals surface area contributed by atoms with Crippen molar-refractivity contribution in [2.75, 3.05) is 0 Å². The molecule has 2 nitrogen and oxygen atoms in total. The molecule has 0 amide bonds. The van der Waals surface area contributed by atoms with Gasteiger partial charge in [0.05, 0.1) is 11.0 Å². The van der Waals surface area contributed by atoms with Crippen molar-refractivity contribution in [3.05, 3.63) is 95.8 Å². The SMILES string of the molecule is S=c1cc(-c2ccccc2)c2ccc3c(-c4ccccc4)ccnc3c2[nH]1. The molecule has 0 saturated carbocycles. The Balaban J connectivity index is 1.87. The zero-order valence-corrected chi connectivity index (χ0v) is 15.3. The summed E-state index contributed by atoms with van der Waals surface area (Å²) < 4.78 is 0.709. The summed E-state index contributed by atoms with van der Waals surface area (Å²) in [6.45, 7) is 0. The molecule has 128 valence electrons. The minimum atomic E-state index is 0.709. The van der Waals surface area contributed by atoms with Crippen molar-refractivity contribution in [2.45, 2.75) is 0 Å². The molecule has 5 aromatic rings. The van der Waals surface area contributed by atoms with E-state index in [2.05, 4.69) is 59.6 Å². The Kier molecular flexibility index (Phi) is 3.80. The molecule has 1 N–H and O–H groups in total. The first-order chi connectivity index (χ1) is 13.3. The predicted molar refractivity (Wildman–Crippen MR) is 115 cm³/mol. The van der Waals surface area contributed by atoms with E-state index < -0.39 is 0 Å². The molecule has 3 aromatic carbocycles. The summed E-state index contributed by atoms with van der Waals surface area (Å²) in [7, 11) is 0. The Hall–Kier alpha value is -3.30. The predicted octanol–water partition coefficient (Wildman–Crippen LogP) is 6.78. The van der Waals surface area contributed by atoms with Crippen LogP contribution in [0.25, 0.3) is 44.1 Å². The molecule has 0 spiro atoms. The van der Waals surface area contributed by atoms with E-state index in [1.165, 1.54) is 11.1 Å². The maximum Gasteiger partial charge on any atom is 0.104 e. The third kappa shape index (κ3) is 2.73. The van der Waals surface area contributed by atoms with Gasteiger partial charge in [-0.2, -0.15) is 0 Å². The molecule has 27 heavy (non-hydrogen) atoms. The highest BCUT2D eigenvalue weighted by Gasteiger charge is 2.11. The quantitative estimate of drug-likeness (QED) is 0.276. The number of nitrogens with zero attached hydrogens (tertiary/aromatic N) is 1. The van der Waals surface area contributed by atoms with Gasteiger partial charge in [0.25, 0.3) is 0 Å². The minimum Gasteiger partial charge on any atom is -0.344 e. The van der Waals surface area contributed by atoms with Crippen LogP contribution >= 0.6 is 12.2 Å². The molecule has 0 atom stereocenters. The number of hydrogen-bond donors (Lipinski definition) is 1. The third-order valence-electron chi connectivity index (χ3n) is 4.90. The monoisotopic (exact) mass is 364 g/mol. The molecule has 0 unspecified atom stereocenters. The zero-order valence-electron chi connectivity index (χ0n) is 14.5. The highest BCUT2D eigenvalue weighted by Crippen LogP contribution is 2.34. The lowest BCUT2D eigenvalue weighted by Gasteiger charge is -2.12. The number of hydrogen-bond acceptors (Lipinski definition) is 2. The minimum absolute atomic E-state index is 0.709. The molecule has 5 rings (SSSR count). The van der Waals surface area contributed by atoms with Crippen LogP contribution in [0.2, 0.25) is 0 Å². The van der Waals surface area contributed by atoms with E-state index >= 15 is 0 Å². The molecular weight excluding hydrogens is 348 g/mol. The number of H-pyrrole nitrogens is 1. The maximum atomic E-state index is 5.53. The Morgan fingerprint density at radius 3 is 2.00 bits per heavy atom. The molecule has 2 heterocycles. The lowest BCUT2D eigenvalue weighted by Crippen LogP contribution is -1.91. The Morgan fingerprint density at radius 2 is 1.30 bits per heavy atom. The second kappa shape index (κ2) is 6.45. The highest BCUT2D eigenvalue weighted by atomic mass is 32.1. The smallest absolute Gasteiger partial charge is 0.104 e. The van der Waals surface area contributed by atoms with Gasteiger partial charge in [0, 0.05) is 17.0 Å². The van der Waals surface area contributed by atoms with Crippen LogP contribution in [-0.4, -0.2) is 9.97 Å². The van der Waals surface area contributed by atoms with Crippen LogP contribution in [0, 0.1) is 4.64 Å². The van der Waals surface area contributed by atoms with Gasteiger partial charge in [-0.05, 0) is 34.4 Å². The number of nitrogens with one attached hydrogen (secondary N) is 1. The average Bonchev–Trinajstić information content (AvgIpc) is 2.74. The topological polar surface area (TPSA) is 28.7 Å². The van der Waals surface area contributed by atoms with E-state index in [9.17, 15) is 0 Å². The zero-order chi connectivity index (χ0) is 18.2. The van der Waals surface area contributed by atoms with Gasteiger partial charge in [-0.15, -0.1) is 0 Å². The molecule has 2 aromatic heterocycles. The van der Waals surface area contributed by atoms with Gasteiger partial charge in [-0.25, -0.2) is 0 Å². The summed E-state index contributed by atoms with van der Waals surface area (Å²) in [6.07, 6.45) is 1.87. The number of pyridine rings is 2. The van der Waals surface area contributed by atoms with Crippen molar-refractivity contribution in [3.63, 3.8) is 0 Å². The van der Waals surface area contributed by atoms with Gasteiger partial charge in [-0.1, -0.05) is 85.0 Å². The molecule has 0 aliphatic carbocycles. The molecule has 3 heteroatoms. The van der Waals surface area contributed by atoms with Gasteiger partial charge < -0.3 is 4.98 Å². The second-order valence-electron chi connectivity index (χ2n) is 6.52. The normalized spacial score (nSPS) is 11.1. The summed E-state index contributed by atoms with van der Waals surface area (Å²) >= 11 is 5.53. The van der Waals surface area contributed by atoms with Gasteiger partial charge in [0.15, 0.2) is 0 Å². The van der Waals surface area contributed by atoms with Gasteiger partial charge in [-0.3, -0.25) is 4.98 Å². The van der Waals surface area contributed by atoms with Crippen LogP contribution < -0.4 is 0 Å². The highest BCUT2D eigenvalue weighted by molar-refractivity contribution is 7.71. The molecule has 0 bridgehead atoms. The largest absolute Gasteiger partial charge is 0.344 e. The van der Waals surface area contributed by atoms with Crippen LogP contribution in [0.3, 0.4) is 0 Å². The third-order valence-corrected chi connectivity index (χ3v) is 5.12. The van der Waals surface area contributed by atoms with Crippen molar-refractivity contribution >= 4 is 34.0 Å². The summed E-state index contributed by atoms with van der Waals surface area (Å²) in [5, 5.41) is 2.24. The van der Waals surface area contributed by atoms with E-state index in [1.807, 2.05) is 36.5 Å². The van der Waals surface area contributed by atoms with Crippen molar-refractivity contribution in [3.8, 4) is 22.3 Å². The molecule has 0 fully saturated rings. The maximum absolute atomic E-state index is 5.53. The van der Waals surface area contributed by atoms with Crippen molar-refractivity contribution < 1.29 is 0 Å². The fraction of sp³-hybridized carbons (Fsp3) is 0. The molecule has 0 aliphatic rings.